The number of thiophene rings is 1. The van der Waals surface area contributed by atoms with Crippen LogP contribution in [0.25, 0.3) is 10.4 Å². The van der Waals surface area contributed by atoms with Crippen molar-refractivity contribution < 1.29 is 0 Å². The molecule has 0 aliphatic heterocycles. The third-order valence-electron chi connectivity index (χ3n) is 2.43. The lowest BCUT2D eigenvalue weighted by Crippen LogP contribution is -2.01. The molecule has 0 fully saturated rings. The first kappa shape index (κ1) is 10.5. The Morgan fingerprint density at radius 2 is 2.20 bits per heavy atom. The number of nitrogens with zero attached hydrogens (tertiary/aromatic N) is 1. The van der Waals surface area contributed by atoms with Gasteiger partial charge in [-0.05, 0) is 36.9 Å². The van der Waals surface area contributed by atoms with Crippen LogP contribution in [0.1, 0.15) is 12.8 Å². The average Bonchev–Trinajstić information content (AvgIpc) is 2.87. The van der Waals surface area contributed by atoms with Gasteiger partial charge in [0.05, 0.1) is 0 Å². The van der Waals surface area contributed by atoms with Crippen LogP contribution >= 0.6 is 11.3 Å². The maximum Gasteiger partial charge on any atom is 0.0357 e. The van der Waals surface area contributed by atoms with E-state index in [9.17, 15) is 0 Å². The minimum atomic E-state index is 0.791. The first-order chi connectivity index (χ1) is 7.40. The molecule has 3 heteroatoms. The number of aromatic nitrogens is 1. The molecule has 0 atom stereocenters. The van der Waals surface area contributed by atoms with Gasteiger partial charge in [-0.3, -0.25) is 0 Å². The highest BCUT2D eigenvalue weighted by Crippen LogP contribution is 2.24. The number of nitrogens with two attached hydrogens (primary N) is 1. The first-order valence-corrected chi connectivity index (χ1v) is 6.18. The first-order valence-electron chi connectivity index (χ1n) is 5.30. The van der Waals surface area contributed by atoms with Gasteiger partial charge in [0.25, 0.3) is 0 Å². The van der Waals surface area contributed by atoms with Crippen molar-refractivity contribution in [3.05, 3.63) is 36.0 Å². The third-order valence-corrected chi connectivity index (χ3v) is 3.35. The second kappa shape index (κ2) is 5.14. The monoisotopic (exact) mass is 220 g/mol. The van der Waals surface area contributed by atoms with Gasteiger partial charge in [-0.25, -0.2) is 0 Å². The van der Waals surface area contributed by atoms with Gasteiger partial charge in [0.15, 0.2) is 0 Å². The van der Waals surface area contributed by atoms with Crippen molar-refractivity contribution >= 4 is 11.3 Å². The Bertz CT molecular complexity index is 389. The smallest absolute Gasteiger partial charge is 0.0357 e. The molecule has 0 aromatic carbocycles. The average molecular weight is 220 g/mol. The Morgan fingerprint density at radius 1 is 1.27 bits per heavy atom. The molecule has 2 heterocycles. The summed E-state index contributed by atoms with van der Waals surface area (Å²) in [5.74, 6) is 0. The summed E-state index contributed by atoms with van der Waals surface area (Å²) in [5.41, 5.74) is 6.78. The molecule has 80 valence electrons. The van der Waals surface area contributed by atoms with Crippen molar-refractivity contribution in [2.75, 3.05) is 6.54 Å². The van der Waals surface area contributed by atoms with Crippen molar-refractivity contribution in [2.45, 2.75) is 19.4 Å². The Hall–Kier alpha value is -1.06. The fourth-order valence-electron chi connectivity index (χ4n) is 1.61. The van der Waals surface area contributed by atoms with E-state index < -0.39 is 0 Å². The molecule has 15 heavy (non-hydrogen) atoms. The molecule has 0 radical (unpaired) electrons. The zero-order chi connectivity index (χ0) is 10.5. The largest absolute Gasteiger partial charge is 0.354 e. The zero-order valence-corrected chi connectivity index (χ0v) is 9.54. The van der Waals surface area contributed by atoms with Crippen molar-refractivity contribution in [1.29, 1.82) is 0 Å². The summed E-state index contributed by atoms with van der Waals surface area (Å²) in [4.78, 5) is 1.34. The molecule has 0 amide bonds. The maximum atomic E-state index is 5.47. The molecule has 2 nitrogen and oxygen atoms in total. The lowest BCUT2D eigenvalue weighted by molar-refractivity contribution is 0.618. The van der Waals surface area contributed by atoms with E-state index in [4.69, 9.17) is 5.73 Å². The minimum absolute atomic E-state index is 0.791. The van der Waals surface area contributed by atoms with Crippen molar-refractivity contribution in [2.24, 2.45) is 5.73 Å². The molecule has 0 unspecified atom stereocenters. The minimum Gasteiger partial charge on any atom is -0.354 e. The Kier molecular flexibility index (Phi) is 3.59. The highest BCUT2D eigenvalue weighted by atomic mass is 32.1. The number of unbranched alkanes of at least 4 members (excludes halogenated alkanes) is 1. The van der Waals surface area contributed by atoms with Crippen molar-refractivity contribution in [3.8, 4) is 10.4 Å². The Labute approximate surface area is 94.3 Å². The topological polar surface area (TPSA) is 30.9 Å². The molecule has 2 N–H and O–H groups in total. The summed E-state index contributed by atoms with van der Waals surface area (Å²) in [6.45, 7) is 1.86. The van der Waals surface area contributed by atoms with E-state index in [1.54, 1.807) is 11.3 Å². The summed E-state index contributed by atoms with van der Waals surface area (Å²) in [5, 5.41) is 2.11. The van der Waals surface area contributed by atoms with E-state index in [-0.39, 0.29) is 0 Å². The van der Waals surface area contributed by atoms with Gasteiger partial charge in [0.2, 0.25) is 0 Å². The lowest BCUT2D eigenvalue weighted by Gasteiger charge is -2.00. The van der Waals surface area contributed by atoms with Crippen LogP contribution in [0, 0.1) is 0 Å². The summed E-state index contributed by atoms with van der Waals surface area (Å²) in [6, 6.07) is 6.42. The van der Waals surface area contributed by atoms with Crippen LogP contribution in [0.3, 0.4) is 0 Å². The summed E-state index contributed by atoms with van der Waals surface area (Å²) >= 11 is 1.78. The van der Waals surface area contributed by atoms with Crippen LogP contribution in [0.15, 0.2) is 36.0 Å². The zero-order valence-electron chi connectivity index (χ0n) is 8.73. The van der Waals surface area contributed by atoms with Gasteiger partial charge in [-0.1, -0.05) is 6.07 Å². The van der Waals surface area contributed by atoms with Gasteiger partial charge < -0.3 is 10.3 Å². The predicted octanol–water partition coefficient (Wildman–Crippen LogP) is 2.96. The second-order valence-electron chi connectivity index (χ2n) is 3.61. The molecule has 0 aliphatic rings. The highest BCUT2D eigenvalue weighted by Gasteiger charge is 2.00. The van der Waals surface area contributed by atoms with Gasteiger partial charge in [0, 0.05) is 29.4 Å². The van der Waals surface area contributed by atoms with Crippen LogP contribution in [-0.2, 0) is 6.54 Å². The molecule has 0 saturated carbocycles. The van der Waals surface area contributed by atoms with Gasteiger partial charge in [0.1, 0.15) is 0 Å². The Morgan fingerprint density at radius 3 is 2.93 bits per heavy atom. The van der Waals surface area contributed by atoms with Gasteiger partial charge >= 0.3 is 0 Å². The molecule has 0 aliphatic carbocycles. The van der Waals surface area contributed by atoms with Crippen molar-refractivity contribution in [1.82, 2.24) is 4.57 Å². The molecule has 0 bridgehead atoms. The van der Waals surface area contributed by atoms with Crippen LogP contribution < -0.4 is 5.73 Å². The fourth-order valence-corrected chi connectivity index (χ4v) is 2.32. The molecular formula is C12H16N2S. The summed E-state index contributed by atoms with van der Waals surface area (Å²) < 4.78 is 2.24. The van der Waals surface area contributed by atoms with E-state index in [1.165, 1.54) is 10.4 Å². The van der Waals surface area contributed by atoms with E-state index in [0.29, 0.717) is 0 Å². The SMILES string of the molecule is NCCCCn1ccc(-c2cccs2)c1. The number of aryl methyl sites for hydroxylation is 1. The standard InChI is InChI=1S/C12H16N2S/c13-6-1-2-7-14-8-5-11(10-14)12-4-3-9-15-12/h3-5,8-10H,1-2,6-7,13H2. The predicted molar refractivity (Wildman–Crippen MR) is 66.0 cm³/mol. The molecular weight excluding hydrogens is 204 g/mol. The molecule has 0 spiro atoms. The van der Waals surface area contributed by atoms with Crippen LogP contribution in [0.5, 0.6) is 0 Å². The van der Waals surface area contributed by atoms with Crippen molar-refractivity contribution in [3.63, 3.8) is 0 Å². The molecule has 2 rings (SSSR count). The number of hydrogen-bond acceptors (Lipinski definition) is 2. The van der Waals surface area contributed by atoms with E-state index in [2.05, 4.69) is 40.5 Å². The van der Waals surface area contributed by atoms with E-state index >= 15 is 0 Å². The van der Waals surface area contributed by atoms with Crippen LogP contribution in [0.2, 0.25) is 0 Å². The Balaban J connectivity index is 1.98. The quantitative estimate of drug-likeness (QED) is 0.772. The molecule has 2 aromatic heterocycles. The second-order valence-corrected chi connectivity index (χ2v) is 4.56. The number of rotatable bonds is 5. The van der Waals surface area contributed by atoms with Crippen LogP contribution in [0.4, 0.5) is 0 Å². The molecule has 0 saturated heterocycles. The fraction of sp³-hybridized carbons (Fsp3) is 0.333. The van der Waals surface area contributed by atoms with E-state index in [0.717, 1.165) is 25.9 Å². The third kappa shape index (κ3) is 2.70. The highest BCUT2D eigenvalue weighted by molar-refractivity contribution is 7.13. The normalized spacial score (nSPS) is 10.7. The van der Waals surface area contributed by atoms with Gasteiger partial charge in [-0.15, -0.1) is 11.3 Å². The van der Waals surface area contributed by atoms with Crippen LogP contribution in [-0.4, -0.2) is 11.1 Å². The number of hydrogen-bond donors (Lipinski definition) is 1. The van der Waals surface area contributed by atoms with E-state index in [1.807, 2.05) is 0 Å². The maximum absolute atomic E-state index is 5.47. The summed E-state index contributed by atoms with van der Waals surface area (Å²) in [6.07, 6.45) is 6.62. The summed E-state index contributed by atoms with van der Waals surface area (Å²) in [7, 11) is 0. The van der Waals surface area contributed by atoms with Gasteiger partial charge in [-0.2, -0.15) is 0 Å². The lowest BCUT2D eigenvalue weighted by atomic mass is 10.3. The molecule has 2 aromatic rings.